The number of sulfone groups is 1. The van der Waals surface area contributed by atoms with Crippen molar-refractivity contribution in [2.24, 2.45) is 5.92 Å². The van der Waals surface area contributed by atoms with Crippen LogP contribution in [0.3, 0.4) is 0 Å². The van der Waals surface area contributed by atoms with E-state index < -0.39 is 9.84 Å². The quantitative estimate of drug-likeness (QED) is 0.680. The van der Waals surface area contributed by atoms with Crippen LogP contribution in [0.1, 0.15) is 25.8 Å². The van der Waals surface area contributed by atoms with E-state index in [0.29, 0.717) is 12.3 Å². The van der Waals surface area contributed by atoms with Crippen LogP contribution >= 0.6 is 27.5 Å². The van der Waals surface area contributed by atoms with Crippen molar-refractivity contribution >= 4 is 37.4 Å². The fraction of sp³-hybridized carbons (Fsp3) is 0.571. The first-order valence-corrected chi connectivity index (χ1v) is 9.58. The minimum atomic E-state index is -2.94. The minimum Gasteiger partial charge on any atom is -0.229 e. The second kappa shape index (κ2) is 7.65. The molecule has 0 aliphatic rings. The molecule has 2 nitrogen and oxygen atoms in total. The molecule has 1 aromatic rings. The van der Waals surface area contributed by atoms with Crippen LogP contribution in [0.25, 0.3) is 0 Å². The molecular weight excluding hydrogens is 348 g/mol. The third kappa shape index (κ3) is 5.84. The van der Waals surface area contributed by atoms with E-state index >= 15 is 0 Å². The number of hydrogen-bond acceptors (Lipinski definition) is 2. The predicted octanol–water partition coefficient (Wildman–Crippen LogP) is 4.11. The lowest BCUT2D eigenvalue weighted by Crippen LogP contribution is -2.21. The predicted molar refractivity (Wildman–Crippen MR) is 86.0 cm³/mol. The topological polar surface area (TPSA) is 34.1 Å². The Kier molecular flexibility index (Phi) is 6.84. The molecule has 0 saturated carbocycles. The summed E-state index contributed by atoms with van der Waals surface area (Å²) in [6.45, 7) is 3.47. The Morgan fingerprint density at radius 1 is 1.21 bits per heavy atom. The molecule has 5 heteroatoms. The average molecular weight is 368 g/mol. The molecule has 108 valence electrons. The summed E-state index contributed by atoms with van der Waals surface area (Å²) in [5.74, 6) is 0.587. The summed E-state index contributed by atoms with van der Waals surface area (Å²) in [7, 11) is -2.94. The Morgan fingerprint density at radius 2 is 1.79 bits per heavy atom. The smallest absolute Gasteiger partial charge is 0.152 e. The van der Waals surface area contributed by atoms with Gasteiger partial charge in [-0.1, -0.05) is 39.7 Å². The molecule has 0 aromatic heterocycles. The zero-order valence-electron chi connectivity index (χ0n) is 11.3. The summed E-state index contributed by atoms with van der Waals surface area (Å²) in [5.41, 5.74) is 1.19. The Hall–Kier alpha value is -0.0600. The summed E-state index contributed by atoms with van der Waals surface area (Å²) in [4.78, 5) is 0. The van der Waals surface area contributed by atoms with Crippen molar-refractivity contribution in [2.75, 3.05) is 11.1 Å². The fourth-order valence-corrected chi connectivity index (χ4v) is 3.57. The van der Waals surface area contributed by atoms with E-state index in [-0.39, 0.29) is 11.0 Å². The maximum absolute atomic E-state index is 11.8. The fourth-order valence-electron chi connectivity index (χ4n) is 1.75. The highest BCUT2D eigenvalue weighted by Crippen LogP contribution is 2.18. The largest absolute Gasteiger partial charge is 0.229 e. The highest BCUT2D eigenvalue weighted by Gasteiger charge is 2.18. The van der Waals surface area contributed by atoms with Gasteiger partial charge in [0.2, 0.25) is 0 Å². The Morgan fingerprint density at radius 3 is 2.26 bits per heavy atom. The summed E-state index contributed by atoms with van der Waals surface area (Å²) in [6, 6.07) is 7.73. The number of rotatable bonds is 7. The van der Waals surface area contributed by atoms with Gasteiger partial charge < -0.3 is 0 Å². The molecule has 0 spiro atoms. The monoisotopic (exact) mass is 366 g/mol. The van der Waals surface area contributed by atoms with Gasteiger partial charge in [-0.2, -0.15) is 0 Å². The maximum Gasteiger partial charge on any atom is 0.152 e. The number of alkyl halides is 1. The second-order valence-electron chi connectivity index (χ2n) is 5.06. The van der Waals surface area contributed by atoms with Gasteiger partial charge in [-0.25, -0.2) is 8.42 Å². The second-order valence-corrected chi connectivity index (χ2v) is 8.82. The lowest BCUT2D eigenvalue weighted by molar-refractivity contribution is 0.548. The van der Waals surface area contributed by atoms with E-state index in [0.717, 1.165) is 16.8 Å². The third-order valence-corrected chi connectivity index (χ3v) is 6.59. The van der Waals surface area contributed by atoms with Gasteiger partial charge in [-0.15, -0.1) is 0 Å². The van der Waals surface area contributed by atoms with Crippen LogP contribution in [0, 0.1) is 5.92 Å². The zero-order chi connectivity index (χ0) is 14.5. The van der Waals surface area contributed by atoms with Crippen LogP contribution in [0.4, 0.5) is 0 Å². The van der Waals surface area contributed by atoms with Crippen LogP contribution in [-0.2, 0) is 16.3 Å². The van der Waals surface area contributed by atoms with Crippen LogP contribution in [0.15, 0.2) is 24.3 Å². The molecule has 0 fully saturated rings. The van der Waals surface area contributed by atoms with E-state index in [2.05, 4.69) is 15.9 Å². The van der Waals surface area contributed by atoms with Crippen LogP contribution < -0.4 is 0 Å². The molecule has 1 atom stereocenters. The third-order valence-electron chi connectivity index (χ3n) is 3.18. The lowest BCUT2D eigenvalue weighted by Gasteiger charge is -2.15. The van der Waals surface area contributed by atoms with E-state index in [1.54, 1.807) is 13.8 Å². The first-order valence-electron chi connectivity index (χ1n) is 6.37. The van der Waals surface area contributed by atoms with E-state index in [4.69, 9.17) is 11.6 Å². The van der Waals surface area contributed by atoms with Crippen molar-refractivity contribution in [3.05, 3.63) is 34.9 Å². The van der Waals surface area contributed by atoms with Crippen molar-refractivity contribution in [3.8, 4) is 0 Å². The molecule has 0 saturated heterocycles. The van der Waals surface area contributed by atoms with Gasteiger partial charge in [0.25, 0.3) is 0 Å². The maximum atomic E-state index is 11.8. The minimum absolute atomic E-state index is 0.258. The molecule has 0 N–H and O–H groups in total. The lowest BCUT2D eigenvalue weighted by atomic mass is 9.99. The number of benzene rings is 1. The van der Waals surface area contributed by atoms with Crippen LogP contribution in [0.5, 0.6) is 0 Å². The number of halogens is 2. The molecule has 0 bridgehead atoms. The molecule has 0 radical (unpaired) electrons. The van der Waals surface area contributed by atoms with E-state index in [9.17, 15) is 8.42 Å². The van der Waals surface area contributed by atoms with Crippen LogP contribution in [-0.4, -0.2) is 24.8 Å². The molecule has 19 heavy (non-hydrogen) atoms. The molecule has 1 unspecified atom stereocenters. The van der Waals surface area contributed by atoms with Crippen molar-refractivity contribution in [3.63, 3.8) is 0 Å². The van der Waals surface area contributed by atoms with Crippen molar-refractivity contribution in [1.82, 2.24) is 0 Å². The molecule has 0 amide bonds. The summed E-state index contributed by atoms with van der Waals surface area (Å²) >= 11 is 9.32. The molecule has 0 aliphatic heterocycles. The normalized spacial score (nSPS) is 13.7. The standard InChI is InChI=1S/C14H20BrClO2S/c1-11(2)19(17,18)8-7-13(10-15)9-12-3-5-14(16)6-4-12/h3-6,11,13H,7-10H2,1-2H3. The summed E-state index contributed by atoms with van der Waals surface area (Å²) in [6.07, 6.45) is 1.56. The molecule has 1 aromatic carbocycles. The van der Waals surface area contributed by atoms with Crippen molar-refractivity contribution in [1.29, 1.82) is 0 Å². The first-order chi connectivity index (χ1) is 8.85. The zero-order valence-corrected chi connectivity index (χ0v) is 14.4. The number of hydrogen-bond donors (Lipinski definition) is 0. The first kappa shape index (κ1) is 17.0. The molecule has 0 heterocycles. The van der Waals surface area contributed by atoms with Gasteiger partial charge in [0.05, 0.1) is 11.0 Å². The summed E-state index contributed by atoms with van der Waals surface area (Å²) < 4.78 is 23.6. The van der Waals surface area contributed by atoms with Gasteiger partial charge in [0.15, 0.2) is 9.84 Å². The molecule has 1 rings (SSSR count). The van der Waals surface area contributed by atoms with Gasteiger partial charge in [-0.05, 0) is 50.3 Å². The van der Waals surface area contributed by atoms with Gasteiger partial charge >= 0.3 is 0 Å². The Bertz CT molecular complexity index is 483. The van der Waals surface area contributed by atoms with E-state index in [1.807, 2.05) is 24.3 Å². The molecule has 0 aliphatic carbocycles. The molecular formula is C14H20BrClO2S. The van der Waals surface area contributed by atoms with Gasteiger partial charge in [0.1, 0.15) is 0 Å². The van der Waals surface area contributed by atoms with Gasteiger partial charge in [0, 0.05) is 10.4 Å². The van der Waals surface area contributed by atoms with Gasteiger partial charge in [-0.3, -0.25) is 0 Å². The van der Waals surface area contributed by atoms with Crippen LogP contribution in [0.2, 0.25) is 5.02 Å². The van der Waals surface area contributed by atoms with Crippen molar-refractivity contribution < 1.29 is 8.42 Å². The Labute approximate surface area is 129 Å². The average Bonchev–Trinajstić information content (AvgIpc) is 2.36. The van der Waals surface area contributed by atoms with Crippen molar-refractivity contribution in [2.45, 2.75) is 31.9 Å². The highest BCUT2D eigenvalue weighted by atomic mass is 79.9. The Balaban J connectivity index is 2.57. The SMILES string of the molecule is CC(C)S(=O)(=O)CCC(CBr)Cc1ccc(Cl)cc1. The van der Waals surface area contributed by atoms with E-state index in [1.165, 1.54) is 5.56 Å². The summed E-state index contributed by atoms with van der Waals surface area (Å²) in [5, 5.41) is 1.24. The highest BCUT2D eigenvalue weighted by molar-refractivity contribution is 9.09.